The third kappa shape index (κ3) is 9.69. The summed E-state index contributed by atoms with van der Waals surface area (Å²) < 4.78 is 39.0. The Kier molecular flexibility index (Phi) is 7.02. The van der Waals surface area contributed by atoms with Gasteiger partial charge >= 0.3 is 6.18 Å². The zero-order valence-electron chi connectivity index (χ0n) is 8.46. The highest BCUT2D eigenvalue weighted by Gasteiger charge is 2.27. The molecule has 0 rings (SSSR count). The minimum Gasteiger partial charge on any atom is -0.394 e. The summed E-state index contributed by atoms with van der Waals surface area (Å²) >= 11 is 0. The van der Waals surface area contributed by atoms with Gasteiger partial charge in [0.15, 0.2) is 0 Å². The van der Waals surface area contributed by atoms with Crippen molar-refractivity contribution in [3.05, 3.63) is 0 Å². The van der Waals surface area contributed by atoms with Gasteiger partial charge < -0.3 is 20.3 Å². The lowest BCUT2D eigenvalue weighted by atomic mass is 10.3. The Labute approximate surface area is 90.2 Å². The molecular weight excluding hydrogens is 231 g/mol. The zero-order chi connectivity index (χ0) is 12.6. The van der Waals surface area contributed by atoms with Gasteiger partial charge in [0.1, 0.15) is 6.61 Å². The maximum absolute atomic E-state index is 11.6. The predicted molar refractivity (Wildman–Crippen MR) is 47.6 cm³/mol. The Bertz CT molecular complexity index is 210. The SMILES string of the molecule is O=C(CCOCC(F)(F)F)NCC(O)CO. The van der Waals surface area contributed by atoms with Crippen molar-refractivity contribution in [2.75, 3.05) is 26.4 Å². The molecule has 0 aromatic rings. The van der Waals surface area contributed by atoms with Gasteiger partial charge in [-0.25, -0.2) is 0 Å². The molecule has 96 valence electrons. The van der Waals surface area contributed by atoms with Gasteiger partial charge in [-0.3, -0.25) is 4.79 Å². The van der Waals surface area contributed by atoms with Crippen LogP contribution in [0.25, 0.3) is 0 Å². The van der Waals surface area contributed by atoms with E-state index in [0.717, 1.165) is 0 Å². The maximum atomic E-state index is 11.6. The third-order valence-corrected chi connectivity index (χ3v) is 1.48. The average molecular weight is 245 g/mol. The molecule has 16 heavy (non-hydrogen) atoms. The lowest BCUT2D eigenvalue weighted by Gasteiger charge is -2.10. The summed E-state index contributed by atoms with van der Waals surface area (Å²) in [6, 6.07) is 0. The number of hydrogen-bond donors (Lipinski definition) is 3. The molecule has 0 aromatic carbocycles. The summed E-state index contributed by atoms with van der Waals surface area (Å²) in [5.74, 6) is -0.547. The van der Waals surface area contributed by atoms with E-state index in [4.69, 9.17) is 10.2 Å². The number of nitrogens with one attached hydrogen (secondary N) is 1. The number of carbonyl (C=O) groups is 1. The molecule has 1 amide bonds. The number of aliphatic hydroxyl groups excluding tert-OH is 2. The third-order valence-electron chi connectivity index (χ3n) is 1.48. The van der Waals surface area contributed by atoms with Gasteiger partial charge in [-0.15, -0.1) is 0 Å². The van der Waals surface area contributed by atoms with E-state index in [1.54, 1.807) is 0 Å². The number of carbonyl (C=O) groups excluding carboxylic acids is 1. The molecule has 0 bridgehead atoms. The van der Waals surface area contributed by atoms with E-state index in [0.29, 0.717) is 0 Å². The van der Waals surface area contributed by atoms with Gasteiger partial charge in [-0.2, -0.15) is 13.2 Å². The van der Waals surface area contributed by atoms with Gasteiger partial charge in [0.05, 0.1) is 19.3 Å². The monoisotopic (exact) mass is 245 g/mol. The van der Waals surface area contributed by atoms with Crippen LogP contribution in [0.15, 0.2) is 0 Å². The number of alkyl halides is 3. The van der Waals surface area contributed by atoms with Crippen molar-refractivity contribution in [1.82, 2.24) is 5.32 Å². The first-order valence-corrected chi connectivity index (χ1v) is 4.55. The Hall–Kier alpha value is -0.860. The molecule has 0 spiro atoms. The predicted octanol–water partition coefficient (Wildman–Crippen LogP) is -0.575. The van der Waals surface area contributed by atoms with Gasteiger partial charge in [0.25, 0.3) is 0 Å². The smallest absolute Gasteiger partial charge is 0.394 e. The first kappa shape index (κ1) is 15.1. The first-order valence-electron chi connectivity index (χ1n) is 4.55. The summed E-state index contributed by atoms with van der Waals surface area (Å²) in [5.41, 5.74) is 0. The summed E-state index contributed by atoms with van der Waals surface area (Å²) in [4.78, 5) is 10.9. The minimum atomic E-state index is -4.40. The van der Waals surface area contributed by atoms with Crippen molar-refractivity contribution in [2.45, 2.75) is 18.7 Å². The van der Waals surface area contributed by atoms with Crippen LogP contribution in [0.4, 0.5) is 13.2 Å². The highest BCUT2D eigenvalue weighted by Crippen LogP contribution is 2.14. The Balaban J connectivity index is 3.44. The Morgan fingerprint density at radius 1 is 1.44 bits per heavy atom. The molecule has 1 atom stereocenters. The van der Waals surface area contributed by atoms with E-state index in [2.05, 4.69) is 10.1 Å². The van der Waals surface area contributed by atoms with Crippen LogP contribution < -0.4 is 5.32 Å². The summed E-state index contributed by atoms with van der Waals surface area (Å²) in [5, 5.41) is 19.5. The molecule has 0 aliphatic rings. The molecule has 3 N–H and O–H groups in total. The standard InChI is InChI=1S/C8H14F3NO4/c9-8(10,11)5-16-2-1-7(15)12-3-6(14)4-13/h6,13-14H,1-5H2,(H,12,15). The zero-order valence-corrected chi connectivity index (χ0v) is 8.46. The number of hydrogen-bond acceptors (Lipinski definition) is 4. The molecule has 8 heteroatoms. The Morgan fingerprint density at radius 3 is 2.56 bits per heavy atom. The largest absolute Gasteiger partial charge is 0.411 e. The van der Waals surface area contributed by atoms with Crippen molar-refractivity contribution < 1.29 is 32.9 Å². The number of rotatable bonds is 7. The number of aliphatic hydroxyl groups is 2. The van der Waals surface area contributed by atoms with Gasteiger partial charge in [-0.1, -0.05) is 0 Å². The van der Waals surface area contributed by atoms with Crippen LogP contribution in [0.1, 0.15) is 6.42 Å². The van der Waals surface area contributed by atoms with Crippen LogP contribution in [-0.4, -0.2) is 54.8 Å². The fourth-order valence-electron chi connectivity index (χ4n) is 0.737. The second-order valence-corrected chi connectivity index (χ2v) is 3.06. The fourth-order valence-corrected chi connectivity index (χ4v) is 0.737. The van der Waals surface area contributed by atoms with Crippen LogP contribution >= 0.6 is 0 Å². The first-order chi connectivity index (χ1) is 7.35. The molecule has 5 nitrogen and oxygen atoms in total. The van der Waals surface area contributed by atoms with Gasteiger partial charge in [-0.05, 0) is 0 Å². The van der Waals surface area contributed by atoms with Crippen LogP contribution in [0, 0.1) is 0 Å². The van der Waals surface area contributed by atoms with Crippen molar-refractivity contribution in [2.24, 2.45) is 0 Å². The summed E-state index contributed by atoms with van der Waals surface area (Å²) in [7, 11) is 0. The topological polar surface area (TPSA) is 78.8 Å². The molecule has 0 saturated carbocycles. The second-order valence-electron chi connectivity index (χ2n) is 3.06. The van der Waals surface area contributed by atoms with Crippen molar-refractivity contribution >= 4 is 5.91 Å². The number of ether oxygens (including phenoxy) is 1. The maximum Gasteiger partial charge on any atom is 0.411 e. The van der Waals surface area contributed by atoms with E-state index in [9.17, 15) is 18.0 Å². The lowest BCUT2D eigenvalue weighted by molar-refractivity contribution is -0.174. The highest BCUT2D eigenvalue weighted by atomic mass is 19.4. The quantitative estimate of drug-likeness (QED) is 0.525. The van der Waals surface area contributed by atoms with Crippen molar-refractivity contribution in [1.29, 1.82) is 0 Å². The highest BCUT2D eigenvalue weighted by molar-refractivity contribution is 5.75. The van der Waals surface area contributed by atoms with E-state index >= 15 is 0 Å². The normalized spacial score (nSPS) is 13.6. The fraction of sp³-hybridized carbons (Fsp3) is 0.875. The van der Waals surface area contributed by atoms with Crippen molar-refractivity contribution in [3.63, 3.8) is 0 Å². The molecule has 0 aliphatic heterocycles. The molecule has 0 aromatic heterocycles. The van der Waals surface area contributed by atoms with Crippen molar-refractivity contribution in [3.8, 4) is 0 Å². The van der Waals surface area contributed by atoms with E-state index < -0.39 is 31.4 Å². The van der Waals surface area contributed by atoms with Gasteiger partial charge in [0.2, 0.25) is 5.91 Å². The average Bonchev–Trinajstić information content (AvgIpc) is 2.19. The molecule has 0 saturated heterocycles. The van der Waals surface area contributed by atoms with Gasteiger partial charge in [0, 0.05) is 13.0 Å². The van der Waals surface area contributed by atoms with Crippen LogP contribution in [0.5, 0.6) is 0 Å². The number of halogens is 3. The van der Waals surface area contributed by atoms with Crippen LogP contribution in [0.3, 0.4) is 0 Å². The minimum absolute atomic E-state index is 0.144. The second kappa shape index (κ2) is 7.42. The molecule has 0 aliphatic carbocycles. The van der Waals surface area contributed by atoms with E-state index in [1.807, 2.05) is 0 Å². The molecule has 0 heterocycles. The van der Waals surface area contributed by atoms with Crippen LogP contribution in [-0.2, 0) is 9.53 Å². The van der Waals surface area contributed by atoms with E-state index in [-0.39, 0.29) is 19.6 Å². The molecule has 0 radical (unpaired) electrons. The molecular formula is C8H14F3NO4. The Morgan fingerprint density at radius 2 is 2.06 bits per heavy atom. The number of amides is 1. The lowest BCUT2D eigenvalue weighted by Crippen LogP contribution is -2.34. The van der Waals surface area contributed by atoms with Crippen LogP contribution in [0.2, 0.25) is 0 Å². The van der Waals surface area contributed by atoms with E-state index in [1.165, 1.54) is 0 Å². The summed E-state index contributed by atoms with van der Waals surface area (Å²) in [6.45, 7) is -2.38. The summed E-state index contributed by atoms with van der Waals surface area (Å²) in [6.07, 6.45) is -5.70. The molecule has 0 fully saturated rings. The molecule has 1 unspecified atom stereocenters.